The number of nitrogens with zero attached hydrogens (tertiary/aromatic N) is 1. The van der Waals surface area contributed by atoms with Gasteiger partial charge in [-0.1, -0.05) is 22.0 Å². The van der Waals surface area contributed by atoms with Gasteiger partial charge in [-0.2, -0.15) is 0 Å². The fourth-order valence-corrected chi connectivity index (χ4v) is 3.13. The van der Waals surface area contributed by atoms with Gasteiger partial charge in [-0.05, 0) is 31.0 Å². The van der Waals surface area contributed by atoms with E-state index in [1.165, 1.54) is 31.6 Å². The molecule has 1 aromatic rings. The van der Waals surface area contributed by atoms with E-state index in [9.17, 15) is 0 Å². The quantitative estimate of drug-likeness (QED) is 0.785. The van der Waals surface area contributed by atoms with Gasteiger partial charge in [-0.25, -0.2) is 0 Å². The predicted molar refractivity (Wildman–Crippen MR) is 68.8 cm³/mol. The zero-order valence-electron chi connectivity index (χ0n) is 9.29. The number of rotatable bonds is 1. The van der Waals surface area contributed by atoms with Crippen molar-refractivity contribution in [3.05, 3.63) is 28.7 Å². The monoisotopic (exact) mass is 281 g/mol. The maximum atomic E-state index is 5.43. The Morgan fingerprint density at radius 2 is 1.94 bits per heavy atom. The molecular weight excluding hydrogens is 266 g/mol. The van der Waals surface area contributed by atoms with E-state index in [0.29, 0.717) is 5.41 Å². The van der Waals surface area contributed by atoms with Gasteiger partial charge in [-0.15, -0.1) is 0 Å². The molecule has 0 radical (unpaired) electrons. The molecule has 0 amide bonds. The molecule has 3 heteroatoms. The second-order valence-electron chi connectivity index (χ2n) is 4.95. The Kier molecular flexibility index (Phi) is 2.68. The van der Waals surface area contributed by atoms with E-state index in [0.717, 1.165) is 17.7 Å². The molecule has 2 aliphatic rings. The molecule has 1 spiro atoms. The summed E-state index contributed by atoms with van der Waals surface area (Å²) in [6, 6.07) is 8.57. The van der Waals surface area contributed by atoms with Crippen LogP contribution in [0.15, 0.2) is 28.7 Å². The van der Waals surface area contributed by atoms with Crippen LogP contribution < -0.4 is 4.90 Å². The van der Waals surface area contributed by atoms with Gasteiger partial charge in [0, 0.05) is 41.9 Å². The van der Waals surface area contributed by atoms with E-state index in [-0.39, 0.29) is 0 Å². The molecule has 2 nitrogen and oxygen atoms in total. The summed E-state index contributed by atoms with van der Waals surface area (Å²) in [5.74, 6) is 0. The average Bonchev–Trinajstić information content (AvgIpc) is 2.27. The van der Waals surface area contributed by atoms with E-state index in [1.54, 1.807) is 0 Å². The molecule has 0 unspecified atom stereocenters. The van der Waals surface area contributed by atoms with Crippen LogP contribution in [-0.2, 0) is 4.74 Å². The minimum Gasteiger partial charge on any atom is -0.381 e. The first-order valence-corrected chi connectivity index (χ1v) is 6.65. The minimum absolute atomic E-state index is 0.556. The zero-order valence-corrected chi connectivity index (χ0v) is 10.9. The van der Waals surface area contributed by atoms with E-state index >= 15 is 0 Å². The highest BCUT2D eigenvalue weighted by atomic mass is 79.9. The van der Waals surface area contributed by atoms with E-state index in [2.05, 4.69) is 45.1 Å². The lowest BCUT2D eigenvalue weighted by molar-refractivity contribution is -0.000193. The Morgan fingerprint density at radius 1 is 1.19 bits per heavy atom. The lowest BCUT2D eigenvalue weighted by Crippen LogP contribution is -2.58. The molecule has 2 saturated heterocycles. The van der Waals surface area contributed by atoms with Crippen molar-refractivity contribution in [2.45, 2.75) is 12.8 Å². The summed E-state index contributed by atoms with van der Waals surface area (Å²) in [6.45, 7) is 4.30. The third kappa shape index (κ3) is 1.87. The smallest absolute Gasteiger partial charge is 0.0472 e. The number of ether oxygens (including phenoxy) is 1. The SMILES string of the molecule is Brc1cccc(N2CC3(CCOCC3)C2)c1. The molecule has 0 aromatic heterocycles. The highest BCUT2D eigenvalue weighted by Gasteiger charge is 2.43. The molecule has 0 aliphatic carbocycles. The summed E-state index contributed by atoms with van der Waals surface area (Å²) in [7, 11) is 0. The van der Waals surface area contributed by atoms with Gasteiger partial charge in [0.25, 0.3) is 0 Å². The van der Waals surface area contributed by atoms with Crippen LogP contribution in [0.4, 0.5) is 5.69 Å². The summed E-state index contributed by atoms with van der Waals surface area (Å²) < 4.78 is 6.60. The molecule has 86 valence electrons. The molecule has 2 fully saturated rings. The Balaban J connectivity index is 1.68. The van der Waals surface area contributed by atoms with Crippen LogP contribution in [0.3, 0.4) is 0 Å². The fourth-order valence-electron chi connectivity index (χ4n) is 2.74. The number of halogens is 1. The second kappa shape index (κ2) is 4.04. The van der Waals surface area contributed by atoms with Crippen molar-refractivity contribution in [2.24, 2.45) is 5.41 Å². The normalized spacial score (nSPS) is 23.2. The van der Waals surface area contributed by atoms with Crippen molar-refractivity contribution in [2.75, 3.05) is 31.2 Å². The third-order valence-electron chi connectivity index (χ3n) is 3.78. The first kappa shape index (κ1) is 10.6. The van der Waals surface area contributed by atoms with Gasteiger partial charge in [0.2, 0.25) is 0 Å². The van der Waals surface area contributed by atoms with Gasteiger partial charge in [0.15, 0.2) is 0 Å². The standard InChI is InChI=1S/C13H16BrNO/c14-11-2-1-3-12(8-11)15-9-13(10-15)4-6-16-7-5-13/h1-3,8H,4-7,9-10H2. The molecule has 1 aromatic carbocycles. The number of hydrogen-bond acceptors (Lipinski definition) is 2. The van der Waals surface area contributed by atoms with Crippen molar-refractivity contribution >= 4 is 21.6 Å². The van der Waals surface area contributed by atoms with E-state index in [4.69, 9.17) is 4.74 Å². The highest BCUT2D eigenvalue weighted by Crippen LogP contribution is 2.42. The summed E-state index contributed by atoms with van der Waals surface area (Å²) in [6.07, 6.45) is 2.47. The van der Waals surface area contributed by atoms with Crippen molar-refractivity contribution in [3.8, 4) is 0 Å². The maximum Gasteiger partial charge on any atom is 0.0472 e. The van der Waals surface area contributed by atoms with Gasteiger partial charge >= 0.3 is 0 Å². The Morgan fingerprint density at radius 3 is 2.62 bits per heavy atom. The molecule has 16 heavy (non-hydrogen) atoms. The summed E-state index contributed by atoms with van der Waals surface area (Å²) in [5.41, 5.74) is 1.90. The summed E-state index contributed by atoms with van der Waals surface area (Å²) in [4.78, 5) is 2.47. The molecule has 0 saturated carbocycles. The predicted octanol–water partition coefficient (Wildman–Crippen LogP) is 3.07. The van der Waals surface area contributed by atoms with Crippen LogP contribution >= 0.6 is 15.9 Å². The van der Waals surface area contributed by atoms with E-state index < -0.39 is 0 Å². The lowest BCUT2D eigenvalue weighted by atomic mass is 9.73. The van der Waals surface area contributed by atoms with Gasteiger partial charge < -0.3 is 9.64 Å². The van der Waals surface area contributed by atoms with Crippen molar-refractivity contribution in [3.63, 3.8) is 0 Å². The van der Waals surface area contributed by atoms with Gasteiger partial charge in [0.05, 0.1) is 0 Å². The molecule has 2 heterocycles. The van der Waals surface area contributed by atoms with Crippen molar-refractivity contribution in [1.29, 1.82) is 0 Å². The number of benzene rings is 1. The molecule has 0 N–H and O–H groups in total. The van der Waals surface area contributed by atoms with Crippen molar-refractivity contribution < 1.29 is 4.74 Å². The third-order valence-corrected chi connectivity index (χ3v) is 4.27. The Labute approximate surface area is 105 Å². The van der Waals surface area contributed by atoms with Crippen LogP contribution in [0.1, 0.15) is 12.8 Å². The highest BCUT2D eigenvalue weighted by molar-refractivity contribution is 9.10. The van der Waals surface area contributed by atoms with Crippen LogP contribution in [-0.4, -0.2) is 26.3 Å². The fraction of sp³-hybridized carbons (Fsp3) is 0.538. The largest absolute Gasteiger partial charge is 0.381 e. The minimum atomic E-state index is 0.556. The molecule has 2 aliphatic heterocycles. The summed E-state index contributed by atoms with van der Waals surface area (Å²) >= 11 is 3.52. The van der Waals surface area contributed by atoms with Gasteiger partial charge in [0.1, 0.15) is 0 Å². The van der Waals surface area contributed by atoms with Crippen molar-refractivity contribution in [1.82, 2.24) is 0 Å². The molecule has 0 atom stereocenters. The number of hydrogen-bond donors (Lipinski definition) is 0. The first-order chi connectivity index (χ1) is 7.77. The zero-order chi connectivity index (χ0) is 11.0. The maximum absolute atomic E-state index is 5.43. The van der Waals surface area contributed by atoms with Crippen LogP contribution in [0.5, 0.6) is 0 Å². The van der Waals surface area contributed by atoms with Gasteiger partial charge in [-0.3, -0.25) is 0 Å². The van der Waals surface area contributed by atoms with E-state index in [1.807, 2.05) is 0 Å². The van der Waals surface area contributed by atoms with Crippen LogP contribution in [0.2, 0.25) is 0 Å². The van der Waals surface area contributed by atoms with Crippen LogP contribution in [0, 0.1) is 5.41 Å². The first-order valence-electron chi connectivity index (χ1n) is 5.86. The molecular formula is C13H16BrNO. The average molecular weight is 282 g/mol. The topological polar surface area (TPSA) is 12.5 Å². The Hall–Kier alpha value is -0.540. The Bertz CT molecular complexity index is 379. The lowest BCUT2D eigenvalue weighted by Gasteiger charge is -2.53. The number of anilines is 1. The van der Waals surface area contributed by atoms with Crippen LogP contribution in [0.25, 0.3) is 0 Å². The molecule has 3 rings (SSSR count). The molecule has 0 bridgehead atoms. The second-order valence-corrected chi connectivity index (χ2v) is 5.86. The summed E-state index contributed by atoms with van der Waals surface area (Å²) in [5, 5.41) is 0.